The fourth-order valence-electron chi connectivity index (χ4n) is 3.75. The lowest BCUT2D eigenvalue weighted by atomic mass is 9.79. The van der Waals surface area contributed by atoms with Crippen LogP contribution in [0.1, 0.15) is 45.4 Å². The van der Waals surface area contributed by atoms with E-state index >= 15 is 0 Å². The Morgan fingerprint density at radius 2 is 2.00 bits per heavy atom. The maximum absolute atomic E-state index is 12.8. The maximum atomic E-state index is 12.8. The molecule has 0 bridgehead atoms. The minimum absolute atomic E-state index is 0.0133. The molecule has 3 aliphatic rings. The molecule has 0 aromatic heterocycles. The summed E-state index contributed by atoms with van der Waals surface area (Å²) in [7, 11) is 0. The van der Waals surface area contributed by atoms with E-state index in [1.165, 1.54) is 0 Å². The number of piperazine rings is 1. The summed E-state index contributed by atoms with van der Waals surface area (Å²) in [6.07, 6.45) is 5.67. The molecule has 0 aromatic carbocycles. The summed E-state index contributed by atoms with van der Waals surface area (Å²) >= 11 is 0. The van der Waals surface area contributed by atoms with E-state index < -0.39 is 5.54 Å². The third kappa shape index (κ3) is 2.14. The van der Waals surface area contributed by atoms with Crippen molar-refractivity contribution in [2.75, 3.05) is 13.2 Å². The van der Waals surface area contributed by atoms with Crippen molar-refractivity contribution >= 4 is 11.8 Å². The molecule has 2 unspecified atom stereocenters. The van der Waals surface area contributed by atoms with Crippen LogP contribution >= 0.6 is 0 Å². The van der Waals surface area contributed by atoms with E-state index in [1.54, 1.807) is 4.90 Å². The van der Waals surface area contributed by atoms with Crippen LogP contribution in [0.3, 0.4) is 0 Å². The van der Waals surface area contributed by atoms with E-state index in [2.05, 4.69) is 5.32 Å². The Morgan fingerprint density at radius 3 is 2.63 bits per heavy atom. The quantitative estimate of drug-likeness (QED) is 0.764. The highest BCUT2D eigenvalue weighted by Crippen LogP contribution is 2.34. The minimum atomic E-state index is -0.615. The van der Waals surface area contributed by atoms with Crippen molar-refractivity contribution in [1.29, 1.82) is 0 Å². The highest BCUT2D eigenvalue weighted by Gasteiger charge is 2.50. The normalized spacial score (nSPS) is 34.7. The Bertz CT molecular complexity index is 390. The number of nitrogens with one attached hydrogen (secondary N) is 1. The first kappa shape index (κ1) is 12.9. The molecule has 2 amide bonds. The number of hydrogen-bond acceptors (Lipinski definition) is 3. The van der Waals surface area contributed by atoms with Crippen molar-refractivity contribution in [3.63, 3.8) is 0 Å². The summed E-state index contributed by atoms with van der Waals surface area (Å²) < 4.78 is 5.55. The topological polar surface area (TPSA) is 58.6 Å². The van der Waals surface area contributed by atoms with Gasteiger partial charge in [-0.3, -0.25) is 9.59 Å². The van der Waals surface area contributed by atoms with Crippen molar-refractivity contribution < 1.29 is 14.3 Å². The summed E-state index contributed by atoms with van der Waals surface area (Å²) in [6, 6.07) is 0.0670. The van der Waals surface area contributed by atoms with E-state index in [1.807, 2.05) is 6.92 Å². The molecule has 5 heteroatoms. The second-order valence-electron chi connectivity index (χ2n) is 6.06. The average Bonchev–Trinajstić information content (AvgIpc) is 2.81. The first-order chi connectivity index (χ1) is 9.12. The van der Waals surface area contributed by atoms with E-state index in [-0.39, 0.29) is 30.5 Å². The lowest BCUT2D eigenvalue weighted by molar-refractivity contribution is -0.155. The van der Waals surface area contributed by atoms with Crippen LogP contribution in [-0.2, 0) is 14.3 Å². The van der Waals surface area contributed by atoms with Crippen molar-refractivity contribution in [1.82, 2.24) is 10.2 Å². The lowest BCUT2D eigenvalue weighted by Gasteiger charge is -2.46. The molecule has 1 N–H and O–H groups in total. The highest BCUT2D eigenvalue weighted by molar-refractivity contribution is 5.98. The Labute approximate surface area is 113 Å². The van der Waals surface area contributed by atoms with E-state index in [4.69, 9.17) is 4.74 Å². The molecule has 1 spiro atoms. The van der Waals surface area contributed by atoms with Gasteiger partial charge in [-0.25, -0.2) is 0 Å². The largest absolute Gasteiger partial charge is 0.376 e. The predicted molar refractivity (Wildman–Crippen MR) is 69.5 cm³/mol. The standard InChI is InChI=1S/C14H22N2O3/c1-10-11(5-8-19-10)16-9-12(17)15-14(13(16)18)6-3-2-4-7-14/h10-11H,2-9H2,1H3,(H,15,17). The summed E-state index contributed by atoms with van der Waals surface area (Å²) in [5.41, 5.74) is -0.615. The summed E-state index contributed by atoms with van der Waals surface area (Å²) in [5, 5.41) is 2.98. The number of rotatable bonds is 1. The van der Waals surface area contributed by atoms with Gasteiger partial charge in [-0.2, -0.15) is 0 Å². The van der Waals surface area contributed by atoms with Gasteiger partial charge in [0.2, 0.25) is 11.8 Å². The Kier molecular flexibility index (Phi) is 3.25. The van der Waals surface area contributed by atoms with Gasteiger partial charge in [0.15, 0.2) is 0 Å². The van der Waals surface area contributed by atoms with Gasteiger partial charge in [0.1, 0.15) is 12.1 Å². The molecular formula is C14H22N2O3. The lowest BCUT2D eigenvalue weighted by Crippen LogP contribution is -2.69. The average molecular weight is 266 g/mol. The molecule has 106 valence electrons. The maximum Gasteiger partial charge on any atom is 0.249 e. The molecule has 1 aliphatic carbocycles. The second kappa shape index (κ2) is 4.78. The third-order valence-corrected chi connectivity index (χ3v) is 4.81. The van der Waals surface area contributed by atoms with Gasteiger partial charge in [0.05, 0.1) is 12.1 Å². The molecule has 3 rings (SSSR count). The van der Waals surface area contributed by atoms with Gasteiger partial charge in [-0.15, -0.1) is 0 Å². The molecule has 2 heterocycles. The van der Waals surface area contributed by atoms with Crippen LogP contribution in [0, 0.1) is 0 Å². The fourth-order valence-corrected chi connectivity index (χ4v) is 3.75. The number of carbonyl (C=O) groups excluding carboxylic acids is 2. The molecule has 5 nitrogen and oxygen atoms in total. The van der Waals surface area contributed by atoms with Gasteiger partial charge in [0, 0.05) is 6.61 Å². The summed E-state index contributed by atoms with van der Waals surface area (Å²) in [5.74, 6) is 0.106. The van der Waals surface area contributed by atoms with E-state index in [0.717, 1.165) is 38.5 Å². The number of amides is 2. The molecule has 1 saturated carbocycles. The number of carbonyl (C=O) groups is 2. The van der Waals surface area contributed by atoms with Gasteiger partial charge in [-0.05, 0) is 26.2 Å². The molecule has 2 aliphatic heterocycles. The predicted octanol–water partition coefficient (Wildman–Crippen LogP) is 0.825. The highest BCUT2D eigenvalue weighted by atomic mass is 16.5. The monoisotopic (exact) mass is 266 g/mol. The third-order valence-electron chi connectivity index (χ3n) is 4.81. The van der Waals surface area contributed by atoms with Crippen molar-refractivity contribution in [2.45, 2.75) is 63.1 Å². The van der Waals surface area contributed by atoms with E-state index in [0.29, 0.717) is 6.61 Å². The van der Waals surface area contributed by atoms with Crippen LogP contribution in [0.2, 0.25) is 0 Å². The Morgan fingerprint density at radius 1 is 1.26 bits per heavy atom. The number of nitrogens with zero attached hydrogens (tertiary/aromatic N) is 1. The minimum Gasteiger partial charge on any atom is -0.376 e. The van der Waals surface area contributed by atoms with Crippen LogP contribution < -0.4 is 5.32 Å². The van der Waals surface area contributed by atoms with E-state index in [9.17, 15) is 9.59 Å². The zero-order chi connectivity index (χ0) is 13.5. The van der Waals surface area contributed by atoms with Crippen LogP contribution in [0.25, 0.3) is 0 Å². The zero-order valence-corrected chi connectivity index (χ0v) is 11.5. The first-order valence-electron chi connectivity index (χ1n) is 7.36. The van der Waals surface area contributed by atoms with Crippen LogP contribution in [-0.4, -0.2) is 47.6 Å². The molecule has 0 aromatic rings. The zero-order valence-electron chi connectivity index (χ0n) is 11.5. The summed E-state index contributed by atoms with van der Waals surface area (Å²) in [4.78, 5) is 26.6. The van der Waals surface area contributed by atoms with Crippen molar-refractivity contribution in [3.8, 4) is 0 Å². The van der Waals surface area contributed by atoms with Gasteiger partial charge in [-0.1, -0.05) is 19.3 Å². The number of ether oxygens (including phenoxy) is 1. The van der Waals surface area contributed by atoms with Crippen molar-refractivity contribution in [2.24, 2.45) is 0 Å². The molecule has 3 fully saturated rings. The SMILES string of the molecule is CC1OCCC1N1CC(=O)NC2(CCCCC2)C1=O. The smallest absolute Gasteiger partial charge is 0.249 e. The Balaban J connectivity index is 1.84. The van der Waals surface area contributed by atoms with Gasteiger partial charge in [0.25, 0.3) is 0 Å². The molecule has 2 saturated heterocycles. The second-order valence-corrected chi connectivity index (χ2v) is 6.06. The molecule has 19 heavy (non-hydrogen) atoms. The van der Waals surface area contributed by atoms with Gasteiger partial charge < -0.3 is 15.0 Å². The number of hydrogen-bond donors (Lipinski definition) is 1. The Hall–Kier alpha value is -1.10. The fraction of sp³-hybridized carbons (Fsp3) is 0.857. The van der Waals surface area contributed by atoms with Gasteiger partial charge >= 0.3 is 0 Å². The molecular weight excluding hydrogens is 244 g/mol. The molecule has 0 radical (unpaired) electrons. The van der Waals surface area contributed by atoms with Crippen LogP contribution in [0.4, 0.5) is 0 Å². The first-order valence-corrected chi connectivity index (χ1v) is 7.36. The van der Waals surface area contributed by atoms with Crippen LogP contribution in [0.15, 0.2) is 0 Å². The van der Waals surface area contributed by atoms with Crippen molar-refractivity contribution in [3.05, 3.63) is 0 Å². The summed E-state index contributed by atoms with van der Waals surface area (Å²) in [6.45, 7) is 2.87. The van der Waals surface area contributed by atoms with Crippen LogP contribution in [0.5, 0.6) is 0 Å². The molecule has 2 atom stereocenters.